The number of unbranched alkanes of at least 4 members (excludes halogenated alkanes) is 2. The van der Waals surface area contributed by atoms with Crippen molar-refractivity contribution in [3.05, 3.63) is 22.3 Å². The second kappa shape index (κ2) is 9.72. The topological polar surface area (TPSA) is 63.2 Å². The molecule has 0 fully saturated rings. The first-order valence-electron chi connectivity index (χ1n) is 6.85. The Balaban J connectivity index is 2.47. The van der Waals surface area contributed by atoms with Crippen LogP contribution in [-0.4, -0.2) is 37.7 Å². The number of ether oxygens (including phenoxy) is 1. The molecular formula is C14H22BrN3O2. The van der Waals surface area contributed by atoms with Crippen molar-refractivity contribution in [1.82, 2.24) is 10.3 Å². The van der Waals surface area contributed by atoms with Crippen LogP contribution in [-0.2, 0) is 4.74 Å². The summed E-state index contributed by atoms with van der Waals surface area (Å²) in [4.78, 5) is 16.4. The van der Waals surface area contributed by atoms with Crippen molar-refractivity contribution in [1.29, 1.82) is 0 Å². The Morgan fingerprint density at radius 3 is 2.90 bits per heavy atom. The fourth-order valence-electron chi connectivity index (χ4n) is 1.77. The van der Waals surface area contributed by atoms with Gasteiger partial charge in [0.15, 0.2) is 0 Å². The lowest BCUT2D eigenvalue weighted by atomic mass is 10.2. The fraction of sp³-hybridized carbons (Fsp3) is 0.571. The maximum atomic E-state index is 12.1. The van der Waals surface area contributed by atoms with Crippen molar-refractivity contribution >= 4 is 27.7 Å². The molecule has 0 saturated carbocycles. The minimum atomic E-state index is -0.0958. The molecule has 0 spiro atoms. The van der Waals surface area contributed by atoms with E-state index in [-0.39, 0.29) is 5.91 Å². The third kappa shape index (κ3) is 5.88. The van der Waals surface area contributed by atoms with E-state index >= 15 is 0 Å². The van der Waals surface area contributed by atoms with Gasteiger partial charge in [-0.2, -0.15) is 0 Å². The number of carbonyl (C=O) groups is 1. The Labute approximate surface area is 128 Å². The van der Waals surface area contributed by atoms with Crippen molar-refractivity contribution in [2.24, 2.45) is 0 Å². The Morgan fingerprint density at radius 2 is 2.20 bits per heavy atom. The average molecular weight is 344 g/mol. The van der Waals surface area contributed by atoms with E-state index in [1.807, 2.05) is 6.92 Å². The van der Waals surface area contributed by atoms with E-state index in [1.165, 1.54) is 0 Å². The first-order valence-corrected chi connectivity index (χ1v) is 7.65. The SMILES string of the molecule is CCNc1ncc(Br)cc1C(=O)NCCCCCOC. The van der Waals surface area contributed by atoms with E-state index in [9.17, 15) is 4.79 Å². The number of carbonyl (C=O) groups excluding carboxylic acids is 1. The van der Waals surface area contributed by atoms with Crippen LogP contribution in [0.1, 0.15) is 36.5 Å². The van der Waals surface area contributed by atoms with Gasteiger partial charge in [0.05, 0.1) is 5.56 Å². The van der Waals surface area contributed by atoms with Crippen molar-refractivity contribution in [3.63, 3.8) is 0 Å². The molecule has 0 aliphatic heterocycles. The van der Waals surface area contributed by atoms with Crippen LogP contribution in [0.3, 0.4) is 0 Å². The number of halogens is 1. The van der Waals surface area contributed by atoms with Gasteiger partial charge in [-0.05, 0) is 48.2 Å². The minimum Gasteiger partial charge on any atom is -0.385 e. The summed E-state index contributed by atoms with van der Waals surface area (Å²) in [6, 6.07) is 1.78. The number of methoxy groups -OCH3 is 1. The van der Waals surface area contributed by atoms with Gasteiger partial charge in [-0.25, -0.2) is 4.98 Å². The fourth-order valence-corrected chi connectivity index (χ4v) is 2.10. The average Bonchev–Trinajstić information content (AvgIpc) is 2.44. The second-order valence-electron chi connectivity index (χ2n) is 4.39. The van der Waals surface area contributed by atoms with Gasteiger partial charge in [0, 0.05) is 37.5 Å². The molecule has 1 aromatic heterocycles. The lowest BCUT2D eigenvalue weighted by Gasteiger charge is -2.10. The molecule has 1 amide bonds. The van der Waals surface area contributed by atoms with Gasteiger partial charge in [-0.1, -0.05) is 0 Å². The number of nitrogens with one attached hydrogen (secondary N) is 2. The largest absolute Gasteiger partial charge is 0.385 e. The van der Waals surface area contributed by atoms with Gasteiger partial charge in [-0.15, -0.1) is 0 Å². The van der Waals surface area contributed by atoms with Crippen LogP contribution in [0.4, 0.5) is 5.82 Å². The van der Waals surface area contributed by atoms with Gasteiger partial charge in [-0.3, -0.25) is 4.79 Å². The molecule has 0 unspecified atom stereocenters. The van der Waals surface area contributed by atoms with Crippen LogP contribution in [0.15, 0.2) is 16.7 Å². The first-order chi connectivity index (χ1) is 9.69. The third-order valence-electron chi connectivity index (χ3n) is 2.75. The molecule has 1 aromatic rings. The Hall–Kier alpha value is -1.14. The Bertz CT molecular complexity index is 427. The number of hydrogen-bond acceptors (Lipinski definition) is 4. The van der Waals surface area contributed by atoms with Crippen LogP contribution in [0.25, 0.3) is 0 Å². The lowest BCUT2D eigenvalue weighted by molar-refractivity contribution is 0.0953. The number of pyridine rings is 1. The predicted octanol–water partition coefficient (Wildman–Crippen LogP) is 2.82. The van der Waals surface area contributed by atoms with E-state index in [1.54, 1.807) is 19.4 Å². The lowest BCUT2D eigenvalue weighted by Crippen LogP contribution is -2.26. The predicted molar refractivity (Wildman–Crippen MR) is 84.2 cm³/mol. The smallest absolute Gasteiger partial charge is 0.255 e. The summed E-state index contributed by atoms with van der Waals surface area (Å²) in [5.41, 5.74) is 0.568. The van der Waals surface area contributed by atoms with Crippen molar-refractivity contribution in [3.8, 4) is 0 Å². The van der Waals surface area contributed by atoms with Crippen LogP contribution in [0.5, 0.6) is 0 Å². The molecule has 0 aliphatic rings. The molecule has 1 heterocycles. The third-order valence-corrected chi connectivity index (χ3v) is 3.19. The number of hydrogen-bond donors (Lipinski definition) is 2. The zero-order valence-corrected chi connectivity index (χ0v) is 13.6. The van der Waals surface area contributed by atoms with Crippen molar-refractivity contribution in [2.75, 3.05) is 32.1 Å². The second-order valence-corrected chi connectivity index (χ2v) is 5.31. The monoisotopic (exact) mass is 343 g/mol. The number of amides is 1. The minimum absolute atomic E-state index is 0.0958. The molecule has 0 saturated heterocycles. The Kier molecular flexibility index (Phi) is 8.22. The first kappa shape index (κ1) is 16.9. The Morgan fingerprint density at radius 1 is 1.40 bits per heavy atom. The molecule has 0 aliphatic carbocycles. The number of rotatable bonds is 9. The molecule has 0 radical (unpaired) electrons. The van der Waals surface area contributed by atoms with Crippen LogP contribution >= 0.6 is 15.9 Å². The summed E-state index contributed by atoms with van der Waals surface area (Å²) in [6.07, 6.45) is 4.70. The zero-order valence-electron chi connectivity index (χ0n) is 12.0. The molecule has 6 heteroatoms. The molecule has 2 N–H and O–H groups in total. The summed E-state index contributed by atoms with van der Waals surface area (Å²) < 4.78 is 5.78. The van der Waals surface area contributed by atoms with Gasteiger partial charge in [0.2, 0.25) is 0 Å². The van der Waals surface area contributed by atoms with E-state index in [2.05, 4.69) is 31.5 Å². The van der Waals surface area contributed by atoms with Crippen LogP contribution < -0.4 is 10.6 Å². The highest BCUT2D eigenvalue weighted by Gasteiger charge is 2.12. The zero-order chi connectivity index (χ0) is 14.8. The normalized spacial score (nSPS) is 10.3. The summed E-state index contributed by atoms with van der Waals surface area (Å²) in [6.45, 7) is 4.14. The van der Waals surface area contributed by atoms with Crippen molar-refractivity contribution < 1.29 is 9.53 Å². The number of anilines is 1. The molecule has 112 valence electrons. The van der Waals surface area contributed by atoms with E-state index in [0.29, 0.717) is 17.9 Å². The molecule has 20 heavy (non-hydrogen) atoms. The number of nitrogens with zero attached hydrogens (tertiary/aromatic N) is 1. The summed E-state index contributed by atoms with van der Waals surface area (Å²) in [7, 11) is 1.70. The van der Waals surface area contributed by atoms with Crippen LogP contribution in [0.2, 0.25) is 0 Å². The van der Waals surface area contributed by atoms with Gasteiger partial charge >= 0.3 is 0 Å². The van der Waals surface area contributed by atoms with Crippen molar-refractivity contribution in [2.45, 2.75) is 26.2 Å². The standard InChI is InChI=1S/C14H22BrN3O2/c1-3-16-13-12(9-11(15)10-18-13)14(19)17-7-5-4-6-8-20-2/h9-10H,3-8H2,1-2H3,(H,16,18)(H,17,19). The molecular weight excluding hydrogens is 322 g/mol. The van der Waals surface area contributed by atoms with E-state index in [0.717, 1.165) is 36.9 Å². The highest BCUT2D eigenvalue weighted by Crippen LogP contribution is 2.17. The van der Waals surface area contributed by atoms with Gasteiger partial charge in [0.1, 0.15) is 5.82 Å². The van der Waals surface area contributed by atoms with Crippen LogP contribution in [0, 0.1) is 0 Å². The molecule has 0 atom stereocenters. The highest BCUT2D eigenvalue weighted by molar-refractivity contribution is 9.10. The summed E-state index contributed by atoms with van der Waals surface area (Å²) >= 11 is 3.34. The summed E-state index contributed by atoms with van der Waals surface area (Å²) in [5.74, 6) is 0.522. The van der Waals surface area contributed by atoms with E-state index < -0.39 is 0 Å². The maximum Gasteiger partial charge on any atom is 0.255 e. The molecule has 5 nitrogen and oxygen atoms in total. The van der Waals surface area contributed by atoms with Gasteiger partial charge < -0.3 is 15.4 Å². The quantitative estimate of drug-likeness (QED) is 0.676. The maximum absolute atomic E-state index is 12.1. The highest BCUT2D eigenvalue weighted by atomic mass is 79.9. The molecule has 0 aromatic carbocycles. The van der Waals surface area contributed by atoms with E-state index in [4.69, 9.17) is 4.74 Å². The summed E-state index contributed by atoms with van der Waals surface area (Å²) in [5, 5.41) is 6.01. The molecule has 0 bridgehead atoms. The van der Waals surface area contributed by atoms with Gasteiger partial charge in [0.25, 0.3) is 5.91 Å². The number of aromatic nitrogens is 1. The molecule has 1 rings (SSSR count).